The molecule has 1 aliphatic carbocycles. The highest BCUT2D eigenvalue weighted by atomic mass is 16.6. The third-order valence-electron chi connectivity index (χ3n) is 12.6. The predicted octanol–water partition coefficient (Wildman–Crippen LogP) is 3.64. The minimum atomic E-state index is -1.02. The van der Waals surface area contributed by atoms with Crippen molar-refractivity contribution in [3.05, 3.63) is 89.0 Å². The highest BCUT2D eigenvalue weighted by Crippen LogP contribution is 2.44. The molecule has 80 heavy (non-hydrogen) atoms. The number of hydrogen-bond acceptors (Lipinski definition) is 20. The molecule has 2 aliphatic heterocycles. The van der Waals surface area contributed by atoms with Gasteiger partial charge in [-0.1, -0.05) is 54.6 Å². The smallest absolute Gasteiger partial charge is 0.407 e. The molecule has 1 saturated heterocycles. The topological polar surface area (TPSA) is 254 Å². The molecule has 3 N–H and O–H groups in total. The first kappa shape index (κ1) is 63.7. The van der Waals surface area contributed by atoms with E-state index in [1.807, 2.05) is 24.3 Å². The van der Waals surface area contributed by atoms with Gasteiger partial charge in [0, 0.05) is 37.7 Å². The largest absolute Gasteiger partial charge is 0.449 e. The molecule has 3 aromatic rings. The third kappa shape index (κ3) is 22.8. The van der Waals surface area contributed by atoms with Crippen molar-refractivity contribution < 1.29 is 90.3 Å². The quantitative estimate of drug-likeness (QED) is 0.0539. The zero-order chi connectivity index (χ0) is 56.1. The zero-order valence-electron chi connectivity index (χ0n) is 45.8. The fourth-order valence-corrected chi connectivity index (χ4v) is 8.68. The number of fused-ring (bicyclic) bond motifs is 4. The van der Waals surface area contributed by atoms with Crippen molar-refractivity contribution in [1.82, 2.24) is 15.5 Å². The highest BCUT2D eigenvalue weighted by Gasteiger charge is 2.45. The van der Waals surface area contributed by atoms with Crippen molar-refractivity contribution in [2.75, 3.05) is 197 Å². The Bertz CT molecular complexity index is 2250. The van der Waals surface area contributed by atoms with Gasteiger partial charge in [0.05, 0.1) is 176 Å². The lowest BCUT2D eigenvalue weighted by Gasteiger charge is -2.27. The fraction of sp³-hybridized carbons (Fsp3) is 0.596. The zero-order valence-corrected chi connectivity index (χ0v) is 45.8. The van der Waals surface area contributed by atoms with E-state index < -0.39 is 35.8 Å². The van der Waals surface area contributed by atoms with Crippen LogP contribution in [0.3, 0.4) is 0 Å². The number of amides is 5. The van der Waals surface area contributed by atoms with Gasteiger partial charge in [0.25, 0.3) is 11.8 Å². The van der Waals surface area contributed by atoms with E-state index in [1.165, 1.54) is 22.3 Å². The van der Waals surface area contributed by atoms with Crippen molar-refractivity contribution in [3.63, 3.8) is 0 Å². The van der Waals surface area contributed by atoms with Crippen molar-refractivity contribution in [3.8, 4) is 11.1 Å². The van der Waals surface area contributed by atoms with Crippen molar-refractivity contribution in [1.29, 1.82) is 0 Å². The molecular weight excluding hydrogens is 1040 g/mol. The first-order valence-corrected chi connectivity index (χ1v) is 27.6. The average Bonchev–Trinajstić information content (AvgIpc) is 4.03. The van der Waals surface area contributed by atoms with Gasteiger partial charge in [-0.3, -0.25) is 29.4 Å². The molecule has 23 nitrogen and oxygen atoms in total. The monoisotopic (exact) mass is 1120 g/mol. The maximum absolute atomic E-state index is 13.2. The number of hydrogen-bond donors (Lipinski definition) is 3. The van der Waals surface area contributed by atoms with Crippen LogP contribution in [0.15, 0.2) is 66.7 Å². The molecule has 3 aromatic carbocycles. The summed E-state index contributed by atoms with van der Waals surface area (Å²) in [5.41, 5.74) is 5.66. The van der Waals surface area contributed by atoms with Crippen molar-refractivity contribution in [2.45, 2.75) is 31.2 Å². The molecule has 23 heteroatoms. The van der Waals surface area contributed by atoms with Crippen LogP contribution in [0.25, 0.3) is 11.1 Å². The normalized spacial score (nSPS) is 14.8. The Labute approximate surface area is 468 Å². The lowest BCUT2D eigenvalue weighted by atomic mass is 9.98. The van der Waals surface area contributed by atoms with Crippen LogP contribution in [-0.4, -0.2) is 232 Å². The number of carbonyl (C=O) groups is 5. The molecule has 0 spiro atoms. The standard InChI is InChI=1S/C57H80N4O19/c62-52-14-13-51(54(63)60-52)61-55(64)48-11-5-12-50(53(48)56(61)65)58-16-18-68-20-22-70-24-26-72-28-30-74-32-34-76-36-38-78-40-42-79-41-39-77-37-35-75-33-31-73-29-27-71-25-23-69-21-19-67-17-6-15-59-57(66)80-43-49-46-9-3-1-7-44(46)45-8-2-4-10-47(45)49/h1-5,7-12,49,51,58H,6,13-43H2,(H,59,66)(H,60,62,63). The van der Waals surface area contributed by atoms with Gasteiger partial charge in [0.1, 0.15) is 12.6 Å². The molecule has 5 amide bonds. The fourth-order valence-electron chi connectivity index (χ4n) is 8.68. The van der Waals surface area contributed by atoms with Gasteiger partial charge in [0.15, 0.2) is 0 Å². The first-order valence-electron chi connectivity index (χ1n) is 27.6. The van der Waals surface area contributed by atoms with Gasteiger partial charge in [-0.2, -0.15) is 0 Å². The van der Waals surface area contributed by atoms with Gasteiger partial charge >= 0.3 is 6.09 Å². The summed E-state index contributed by atoms with van der Waals surface area (Å²) < 4.78 is 77.6. The molecule has 1 fully saturated rings. The highest BCUT2D eigenvalue weighted by molar-refractivity contribution is 6.25. The molecule has 1 unspecified atom stereocenters. The number of ether oxygens (including phenoxy) is 14. The molecule has 6 rings (SSSR count). The summed E-state index contributed by atoms with van der Waals surface area (Å²) in [7, 11) is 0. The summed E-state index contributed by atoms with van der Waals surface area (Å²) in [6.45, 7) is 12.7. The second-order valence-corrected chi connectivity index (χ2v) is 18.2. The minimum Gasteiger partial charge on any atom is -0.449 e. The third-order valence-corrected chi connectivity index (χ3v) is 12.6. The second-order valence-electron chi connectivity index (χ2n) is 18.2. The number of imide groups is 2. The van der Waals surface area contributed by atoms with E-state index in [0.717, 1.165) is 4.90 Å². The number of carbonyl (C=O) groups excluding carboxylic acids is 5. The van der Waals surface area contributed by atoms with E-state index in [-0.39, 0.29) is 29.9 Å². The number of nitrogens with one attached hydrogen (secondary N) is 3. The van der Waals surface area contributed by atoms with Gasteiger partial charge < -0.3 is 76.9 Å². The Kier molecular flexibility index (Phi) is 31.1. The van der Waals surface area contributed by atoms with E-state index >= 15 is 0 Å². The maximum atomic E-state index is 13.2. The summed E-state index contributed by atoms with van der Waals surface area (Å²) >= 11 is 0. The summed E-state index contributed by atoms with van der Waals surface area (Å²) in [5.74, 6) is -2.15. The number of piperidine rings is 1. The molecule has 0 aromatic heterocycles. The number of benzene rings is 3. The second kappa shape index (κ2) is 39.0. The van der Waals surface area contributed by atoms with Crippen LogP contribution in [0, 0.1) is 0 Å². The Balaban J connectivity index is 0.576. The van der Waals surface area contributed by atoms with Crippen LogP contribution in [0.5, 0.6) is 0 Å². The lowest BCUT2D eigenvalue weighted by Crippen LogP contribution is -2.54. The van der Waals surface area contributed by atoms with Crippen molar-refractivity contribution in [2.24, 2.45) is 0 Å². The Morgan fingerprint density at radius 1 is 0.463 bits per heavy atom. The number of anilines is 1. The van der Waals surface area contributed by atoms with Crippen LogP contribution in [0.2, 0.25) is 0 Å². The minimum absolute atomic E-state index is 0.0371. The average molecular weight is 1130 g/mol. The summed E-state index contributed by atoms with van der Waals surface area (Å²) in [5, 5.41) is 8.14. The lowest BCUT2D eigenvalue weighted by molar-refractivity contribution is -0.136. The van der Waals surface area contributed by atoms with Gasteiger partial charge in [-0.15, -0.1) is 0 Å². The SMILES string of the molecule is O=C1CCC(N2C(=O)c3cccc(NCCOCCOCCOCCOCCOCCOCCOCCOCCOCCOCCOCCOCCOCCCNC(=O)OCC4c5ccccc5-c5ccccc54)c3C2=O)C(=O)N1. The molecule has 0 saturated carbocycles. The van der Waals surface area contributed by atoms with E-state index in [9.17, 15) is 24.0 Å². The maximum Gasteiger partial charge on any atom is 0.407 e. The first-order chi connectivity index (χ1) is 39.4. The van der Waals surface area contributed by atoms with Crippen LogP contribution in [-0.2, 0) is 75.9 Å². The Morgan fingerprint density at radius 2 is 0.863 bits per heavy atom. The Morgan fingerprint density at radius 3 is 1.30 bits per heavy atom. The van der Waals surface area contributed by atoms with E-state index in [2.05, 4.69) is 40.2 Å². The molecule has 2 heterocycles. The van der Waals surface area contributed by atoms with Crippen LogP contribution < -0.4 is 16.0 Å². The van der Waals surface area contributed by atoms with E-state index in [0.29, 0.717) is 204 Å². The number of nitrogens with zero attached hydrogens (tertiary/aromatic N) is 1. The van der Waals surface area contributed by atoms with E-state index in [1.54, 1.807) is 18.2 Å². The molecule has 0 bridgehead atoms. The van der Waals surface area contributed by atoms with Crippen LogP contribution in [0.4, 0.5) is 10.5 Å². The van der Waals surface area contributed by atoms with Gasteiger partial charge in [0.2, 0.25) is 11.8 Å². The molecule has 1 atom stereocenters. The van der Waals surface area contributed by atoms with E-state index in [4.69, 9.17) is 66.3 Å². The summed E-state index contributed by atoms with van der Waals surface area (Å²) in [6, 6.07) is 20.4. The number of alkyl carbamates (subject to hydrolysis) is 1. The van der Waals surface area contributed by atoms with Gasteiger partial charge in [-0.05, 0) is 47.2 Å². The van der Waals surface area contributed by atoms with Crippen molar-refractivity contribution >= 4 is 35.4 Å². The molecule has 0 radical (unpaired) electrons. The summed E-state index contributed by atoms with van der Waals surface area (Å²) in [6.07, 6.45) is 0.403. The predicted molar refractivity (Wildman–Crippen MR) is 290 cm³/mol. The molecular formula is C57H80N4O19. The number of rotatable bonds is 47. The molecule has 442 valence electrons. The van der Waals surface area contributed by atoms with Gasteiger partial charge in [-0.25, -0.2) is 4.79 Å². The van der Waals surface area contributed by atoms with Crippen LogP contribution >= 0.6 is 0 Å². The summed E-state index contributed by atoms with van der Waals surface area (Å²) in [4.78, 5) is 63.3. The Hall–Kier alpha value is -5.51. The molecule has 3 aliphatic rings. The van der Waals surface area contributed by atoms with Crippen LogP contribution in [0.1, 0.15) is 57.0 Å².